The summed E-state index contributed by atoms with van der Waals surface area (Å²) in [5.74, 6) is 7.23. The minimum Gasteiger partial charge on any atom is -0.503 e. The van der Waals surface area contributed by atoms with Gasteiger partial charge in [-0.05, 0) is 63.0 Å². The summed E-state index contributed by atoms with van der Waals surface area (Å²) >= 11 is 0. The maximum Gasteiger partial charge on any atom is 0.240 e. The number of phenolic OH excluding ortho intramolecular Hbond substituents is 1. The van der Waals surface area contributed by atoms with Crippen molar-refractivity contribution in [1.29, 1.82) is 0 Å². The summed E-state index contributed by atoms with van der Waals surface area (Å²) < 4.78 is 35.5. The number of rotatable bonds is 8. The van der Waals surface area contributed by atoms with Crippen molar-refractivity contribution in [3.8, 4) is 5.75 Å². The van der Waals surface area contributed by atoms with Gasteiger partial charge in [-0.2, -0.15) is 15.1 Å². The second kappa shape index (κ2) is 31.8. The predicted molar refractivity (Wildman–Crippen MR) is 293 cm³/mol. The maximum absolute atomic E-state index is 13.0. The van der Waals surface area contributed by atoms with Gasteiger partial charge in [-0.15, -0.1) is 5.10 Å². The SMILES string of the molecule is C=C1N=C(C(C)C)NN1.C=C1N=C(C(C)C)NO1.C=C1N=C(C(C)C)NO1.C=C1NN=C(C(C)C)O1.CC(C)c1ccc(F)c(O)c1F.CC(C)c1ncn[nH]1.Cc1c(C(C)C)c(=O)c1=O.Cc1cc(C(C)C)no1. The number of hydrogen-bond donors (Lipinski definition) is 7. The van der Waals surface area contributed by atoms with Crippen LogP contribution in [0.25, 0.3) is 0 Å². The van der Waals surface area contributed by atoms with Crippen LogP contribution in [-0.2, 0) is 14.4 Å². The van der Waals surface area contributed by atoms with Crippen LogP contribution in [0.5, 0.6) is 5.75 Å². The zero-order valence-corrected chi connectivity index (χ0v) is 47.0. The number of ether oxygens (including phenoxy) is 1. The molecule has 0 fully saturated rings. The number of aromatic nitrogens is 4. The summed E-state index contributed by atoms with van der Waals surface area (Å²) in [7, 11) is 0. The molecule has 8 rings (SSSR count). The number of phenols is 1. The molecule has 22 heteroatoms. The number of H-pyrrole nitrogens is 1. The lowest BCUT2D eigenvalue weighted by molar-refractivity contribution is 0.176. The number of aryl methyl sites for hydroxylation is 1. The van der Waals surface area contributed by atoms with E-state index in [0.29, 0.717) is 81.6 Å². The summed E-state index contributed by atoms with van der Waals surface area (Å²) in [4.78, 5) is 47.0. The Bertz CT molecular complexity index is 2580. The monoisotopic (exact) mass is 1050 g/mol. The molecule has 0 saturated carbocycles. The lowest BCUT2D eigenvalue weighted by Crippen LogP contribution is -2.38. The molecule has 0 atom stereocenters. The highest BCUT2D eigenvalue weighted by atomic mass is 19.1. The second-order valence-corrected chi connectivity index (χ2v) is 19.4. The fourth-order valence-corrected chi connectivity index (χ4v) is 5.59. The first-order valence-electron chi connectivity index (χ1n) is 24.5. The van der Waals surface area contributed by atoms with Crippen LogP contribution in [0.15, 0.2) is 109 Å². The van der Waals surface area contributed by atoms with Crippen molar-refractivity contribution in [2.24, 2.45) is 43.8 Å². The zero-order chi connectivity index (χ0) is 57.4. The van der Waals surface area contributed by atoms with Gasteiger partial charge in [0, 0.05) is 46.8 Å². The summed E-state index contributed by atoms with van der Waals surface area (Å²) in [6, 6.07) is 4.37. The van der Waals surface area contributed by atoms with E-state index in [0.717, 1.165) is 40.9 Å². The molecule has 2 aromatic heterocycles. The first-order valence-corrected chi connectivity index (χ1v) is 24.5. The van der Waals surface area contributed by atoms with Crippen molar-refractivity contribution in [3.63, 3.8) is 0 Å². The first-order chi connectivity index (χ1) is 34.9. The lowest BCUT2D eigenvalue weighted by atomic mass is 9.93. The topological polar surface area (TPSA) is 259 Å². The smallest absolute Gasteiger partial charge is 0.240 e. The lowest BCUT2D eigenvalue weighted by Gasteiger charge is -2.08. The molecule has 2 aromatic carbocycles. The quantitative estimate of drug-likeness (QED) is 0.0810. The second-order valence-electron chi connectivity index (χ2n) is 19.4. The Morgan fingerprint density at radius 2 is 1.19 bits per heavy atom. The average molecular weight is 1050 g/mol. The summed E-state index contributed by atoms with van der Waals surface area (Å²) in [6.07, 6.45) is 1.52. The first kappa shape index (κ1) is 65.4. The maximum atomic E-state index is 13.0. The number of hydroxylamine groups is 2. The molecule has 4 aromatic rings. The molecule has 20 nitrogen and oxygen atoms in total. The molecule has 75 heavy (non-hydrogen) atoms. The highest BCUT2D eigenvalue weighted by molar-refractivity contribution is 5.86. The van der Waals surface area contributed by atoms with Crippen LogP contribution in [0.2, 0.25) is 0 Å². The van der Waals surface area contributed by atoms with E-state index < -0.39 is 17.4 Å². The summed E-state index contributed by atoms with van der Waals surface area (Å²) in [5, 5.41) is 23.1. The van der Waals surface area contributed by atoms with E-state index >= 15 is 0 Å². The number of halogens is 2. The van der Waals surface area contributed by atoms with Gasteiger partial charge in [0.25, 0.3) is 0 Å². The van der Waals surface area contributed by atoms with E-state index in [9.17, 15) is 18.4 Å². The number of hydrogen-bond acceptors (Lipinski definition) is 19. The standard InChI is InChI=1S/C9H10F2O.C8H10O2.C7H11NO.C6H11N3.3C6H10N2O.C5H9N3/c1-5(2)6-3-4-7(10)9(12)8(6)11;1-4(2)6-5(3)7(9)8(6)10;1-5(2)7-4-6(3)9-8-7;1-4(2)6-7-5(3)8-9-6;1-4(2)6-8-7-5(3)9-6;2*1-4(2)6-7-5(3)9-8-6;1-4(2)5-6-3-7-8-5/h3-5,12H,1-2H3;4H,1-3H3;4-5H,1-3H3;4,8H,3H2,1-2H3,(H,7,9);4,7H,3H2,1-2H3;2*4H,3H2,1-2H3,(H,7,8);3-4H,1-2H3,(H,6,7,8). The van der Waals surface area contributed by atoms with Gasteiger partial charge in [-0.1, -0.05) is 129 Å². The molecular formula is C53H81F2N13O7. The van der Waals surface area contributed by atoms with Gasteiger partial charge in [0.2, 0.25) is 34.4 Å². The predicted octanol–water partition coefficient (Wildman–Crippen LogP) is 10.3. The minimum absolute atomic E-state index is 0.0588. The third-order valence-corrected chi connectivity index (χ3v) is 9.99. The molecule has 4 aliphatic rings. The Morgan fingerprint density at radius 3 is 1.43 bits per heavy atom. The Labute approximate surface area is 440 Å². The Hall–Kier alpha value is -7.65. The summed E-state index contributed by atoms with van der Waals surface area (Å²) in [5.41, 5.74) is 15.8. The highest BCUT2D eigenvalue weighted by Crippen LogP contribution is 2.27. The molecule has 0 aliphatic carbocycles. The average Bonchev–Trinajstić information content (AvgIpc) is 4.20. The molecule has 7 N–H and O–H groups in total. The molecule has 0 unspecified atom stereocenters. The number of nitrogens with zero attached hydrogens (tertiary/aromatic N) is 7. The van der Waals surface area contributed by atoms with E-state index in [1.807, 2.05) is 68.4 Å². The fraction of sp³-hybridized carbons (Fsp3) is 0.491. The molecule has 414 valence electrons. The third-order valence-electron chi connectivity index (χ3n) is 9.99. The van der Waals surface area contributed by atoms with Crippen LogP contribution in [0, 0.1) is 49.2 Å². The number of aromatic hydroxyl groups is 1. The number of nitrogens with one attached hydrogen (secondary N) is 6. The van der Waals surface area contributed by atoms with Crippen molar-refractivity contribution in [2.45, 2.75) is 148 Å². The molecule has 4 aliphatic heterocycles. The molecule has 0 radical (unpaired) electrons. The van der Waals surface area contributed by atoms with Gasteiger partial charge >= 0.3 is 0 Å². The number of hydrazine groups is 1. The number of aliphatic imine (C=N–C) groups is 3. The minimum atomic E-state index is -0.920. The molecule has 6 heterocycles. The van der Waals surface area contributed by atoms with Gasteiger partial charge < -0.3 is 24.0 Å². The van der Waals surface area contributed by atoms with Crippen LogP contribution >= 0.6 is 0 Å². The van der Waals surface area contributed by atoms with Crippen molar-refractivity contribution >= 4 is 23.4 Å². The number of hydrazone groups is 1. The van der Waals surface area contributed by atoms with Crippen molar-refractivity contribution in [1.82, 2.24) is 47.6 Å². The van der Waals surface area contributed by atoms with Crippen molar-refractivity contribution in [2.75, 3.05) is 0 Å². The van der Waals surface area contributed by atoms with E-state index in [-0.39, 0.29) is 22.7 Å². The molecular weight excluding hydrogens is 969 g/mol. The largest absolute Gasteiger partial charge is 0.503 e. The number of benzene rings is 1. The Morgan fingerprint density at radius 1 is 0.640 bits per heavy atom. The zero-order valence-electron chi connectivity index (χ0n) is 47.0. The number of aromatic amines is 1. The summed E-state index contributed by atoms with van der Waals surface area (Å²) in [6.45, 7) is 49.8. The van der Waals surface area contributed by atoms with Gasteiger partial charge in [0.1, 0.15) is 41.2 Å². The highest BCUT2D eigenvalue weighted by Gasteiger charge is 2.19. The van der Waals surface area contributed by atoms with Gasteiger partial charge in [-0.3, -0.25) is 25.5 Å². The Balaban J connectivity index is 0.000000430. The van der Waals surface area contributed by atoms with Crippen molar-refractivity contribution < 1.29 is 32.8 Å². The van der Waals surface area contributed by atoms with Crippen LogP contribution in [0.1, 0.15) is 168 Å². The third kappa shape index (κ3) is 23.0. The van der Waals surface area contributed by atoms with E-state index in [1.54, 1.807) is 20.8 Å². The van der Waals surface area contributed by atoms with Gasteiger partial charge in [0.05, 0.1) is 5.69 Å². The molecule has 0 spiro atoms. The van der Waals surface area contributed by atoms with Gasteiger partial charge in [0.15, 0.2) is 17.4 Å². The van der Waals surface area contributed by atoms with Crippen LogP contribution < -0.4 is 38.1 Å². The molecule has 0 bridgehead atoms. The van der Waals surface area contributed by atoms with Crippen LogP contribution in [0.3, 0.4) is 0 Å². The van der Waals surface area contributed by atoms with E-state index in [2.05, 4.69) is 136 Å². The Kier molecular flexibility index (Phi) is 27.7. The fourth-order valence-electron chi connectivity index (χ4n) is 5.59. The normalized spacial score (nSPS) is 13.9. The molecule has 0 amide bonds. The van der Waals surface area contributed by atoms with Gasteiger partial charge in [-0.25, -0.2) is 35.1 Å². The number of amidine groups is 3. The van der Waals surface area contributed by atoms with E-state index in [4.69, 9.17) is 24.0 Å². The van der Waals surface area contributed by atoms with Crippen LogP contribution in [-0.4, -0.2) is 48.8 Å². The van der Waals surface area contributed by atoms with E-state index in [1.165, 1.54) is 12.4 Å². The molecule has 0 saturated heterocycles. The van der Waals surface area contributed by atoms with Crippen LogP contribution in [0.4, 0.5) is 8.78 Å². The van der Waals surface area contributed by atoms with Crippen molar-refractivity contribution in [3.05, 3.63) is 140 Å².